The number of carbonyl (C=O) groups excluding carboxylic acids is 1. The highest BCUT2D eigenvalue weighted by Crippen LogP contribution is 2.06. The van der Waals surface area contributed by atoms with Crippen LogP contribution in [-0.2, 0) is 24.3 Å². The van der Waals surface area contributed by atoms with E-state index in [2.05, 4.69) is 20.5 Å². The van der Waals surface area contributed by atoms with E-state index in [0.717, 1.165) is 11.1 Å². The number of pyridine rings is 1. The van der Waals surface area contributed by atoms with E-state index in [9.17, 15) is 4.79 Å². The highest BCUT2D eigenvalue weighted by atomic mass is 32.1. The van der Waals surface area contributed by atoms with Gasteiger partial charge in [-0.15, -0.1) is 0 Å². The molecule has 122 valence electrons. The average molecular weight is 339 g/mol. The van der Waals surface area contributed by atoms with E-state index in [0.29, 0.717) is 23.7 Å². The van der Waals surface area contributed by atoms with Gasteiger partial charge in [0.05, 0.1) is 13.0 Å². The Bertz CT molecular complexity index is 857. The third kappa shape index (κ3) is 4.14. The smallest absolute Gasteiger partial charge is 0.227 e. The van der Waals surface area contributed by atoms with Crippen LogP contribution in [-0.4, -0.2) is 25.7 Å². The lowest BCUT2D eigenvalue weighted by Gasteiger charge is -2.08. The van der Waals surface area contributed by atoms with Crippen LogP contribution in [0.3, 0.4) is 0 Å². The highest BCUT2D eigenvalue weighted by molar-refractivity contribution is 7.71. The lowest BCUT2D eigenvalue weighted by Crippen LogP contribution is -2.26. The first kappa shape index (κ1) is 16.1. The third-order valence-electron chi connectivity index (χ3n) is 3.58. The molecular weight excluding hydrogens is 322 g/mol. The van der Waals surface area contributed by atoms with Crippen molar-refractivity contribution in [2.24, 2.45) is 0 Å². The summed E-state index contributed by atoms with van der Waals surface area (Å²) in [6, 6.07) is 13.7. The van der Waals surface area contributed by atoms with Crippen molar-refractivity contribution in [3.8, 4) is 0 Å². The zero-order chi connectivity index (χ0) is 16.8. The van der Waals surface area contributed by atoms with Crippen molar-refractivity contribution >= 4 is 18.1 Å². The van der Waals surface area contributed by atoms with Crippen LogP contribution < -0.4 is 5.32 Å². The summed E-state index contributed by atoms with van der Waals surface area (Å²) in [5, 5.41) is 9.83. The molecule has 7 heteroatoms. The Morgan fingerprint density at radius 3 is 2.62 bits per heavy atom. The summed E-state index contributed by atoms with van der Waals surface area (Å²) in [6.45, 7) is 1.05. The van der Waals surface area contributed by atoms with Gasteiger partial charge in [0.2, 0.25) is 5.91 Å². The fourth-order valence-corrected chi connectivity index (χ4v) is 2.54. The van der Waals surface area contributed by atoms with E-state index in [1.807, 2.05) is 47.0 Å². The van der Waals surface area contributed by atoms with Gasteiger partial charge in [-0.05, 0) is 35.5 Å². The Balaban J connectivity index is 1.65. The van der Waals surface area contributed by atoms with Gasteiger partial charge >= 0.3 is 0 Å². The maximum atomic E-state index is 12.2. The van der Waals surface area contributed by atoms with Crippen molar-refractivity contribution in [1.29, 1.82) is 0 Å². The summed E-state index contributed by atoms with van der Waals surface area (Å²) in [6.07, 6.45) is 3.57. The minimum Gasteiger partial charge on any atom is -0.352 e. The van der Waals surface area contributed by atoms with Gasteiger partial charge < -0.3 is 5.32 Å². The third-order valence-corrected chi connectivity index (χ3v) is 3.89. The number of H-pyrrole nitrogens is 1. The van der Waals surface area contributed by atoms with Gasteiger partial charge in [-0.2, -0.15) is 5.10 Å². The molecular formula is C17H17N5OS. The number of nitrogens with one attached hydrogen (secondary N) is 2. The molecule has 6 nitrogen and oxygen atoms in total. The van der Waals surface area contributed by atoms with Gasteiger partial charge in [0.1, 0.15) is 5.82 Å². The zero-order valence-corrected chi connectivity index (χ0v) is 13.8. The van der Waals surface area contributed by atoms with Crippen molar-refractivity contribution in [1.82, 2.24) is 25.1 Å². The number of hydrogen-bond donors (Lipinski definition) is 2. The minimum absolute atomic E-state index is 0.102. The fourth-order valence-electron chi connectivity index (χ4n) is 2.32. The van der Waals surface area contributed by atoms with Gasteiger partial charge in [-0.1, -0.05) is 30.3 Å². The number of aromatic amines is 1. The summed E-state index contributed by atoms with van der Waals surface area (Å²) in [7, 11) is 0. The van der Waals surface area contributed by atoms with E-state index < -0.39 is 0 Å². The van der Waals surface area contributed by atoms with Crippen LogP contribution in [0.15, 0.2) is 54.9 Å². The molecule has 1 aromatic carbocycles. The number of amides is 1. The lowest BCUT2D eigenvalue weighted by molar-refractivity contribution is -0.120. The number of aromatic nitrogens is 4. The second kappa shape index (κ2) is 7.65. The van der Waals surface area contributed by atoms with Crippen LogP contribution >= 0.6 is 12.2 Å². The molecule has 2 N–H and O–H groups in total. The molecule has 0 aliphatic heterocycles. The summed E-state index contributed by atoms with van der Waals surface area (Å²) < 4.78 is 2.35. The first-order valence-electron chi connectivity index (χ1n) is 7.56. The minimum atomic E-state index is -0.102. The lowest BCUT2D eigenvalue weighted by atomic mass is 10.2. The van der Waals surface area contributed by atoms with E-state index in [1.165, 1.54) is 0 Å². The topological polar surface area (TPSA) is 75.6 Å². The summed E-state index contributed by atoms with van der Waals surface area (Å²) in [4.78, 5) is 16.1. The fraction of sp³-hybridized carbons (Fsp3) is 0.176. The van der Waals surface area contributed by atoms with Crippen molar-refractivity contribution in [3.05, 3.63) is 76.6 Å². The van der Waals surface area contributed by atoms with Gasteiger partial charge in [0.25, 0.3) is 0 Å². The van der Waals surface area contributed by atoms with E-state index in [1.54, 1.807) is 12.4 Å². The Morgan fingerprint density at radius 2 is 1.88 bits per heavy atom. The quantitative estimate of drug-likeness (QED) is 0.676. The predicted octanol–water partition coefficient (Wildman–Crippen LogP) is 2.24. The predicted molar refractivity (Wildman–Crippen MR) is 92.7 cm³/mol. The summed E-state index contributed by atoms with van der Waals surface area (Å²) in [5.41, 5.74) is 2.11. The van der Waals surface area contributed by atoms with E-state index >= 15 is 0 Å². The van der Waals surface area contributed by atoms with Gasteiger partial charge in [-0.3, -0.25) is 19.4 Å². The zero-order valence-electron chi connectivity index (χ0n) is 13.0. The van der Waals surface area contributed by atoms with Crippen molar-refractivity contribution < 1.29 is 4.79 Å². The molecule has 0 aliphatic carbocycles. The molecule has 0 bridgehead atoms. The molecule has 0 atom stereocenters. The number of benzene rings is 1. The normalized spacial score (nSPS) is 10.5. The van der Waals surface area contributed by atoms with Gasteiger partial charge in [-0.25, -0.2) is 0 Å². The molecule has 1 amide bonds. The van der Waals surface area contributed by atoms with Crippen molar-refractivity contribution in [2.75, 3.05) is 0 Å². The number of hydrogen-bond acceptors (Lipinski definition) is 4. The molecule has 0 unspecified atom stereocenters. The van der Waals surface area contributed by atoms with Crippen molar-refractivity contribution in [3.63, 3.8) is 0 Å². The summed E-state index contributed by atoms with van der Waals surface area (Å²) >= 11 is 5.27. The monoisotopic (exact) mass is 339 g/mol. The number of nitrogens with zero attached hydrogens (tertiary/aromatic N) is 3. The first-order valence-corrected chi connectivity index (χ1v) is 7.97. The molecule has 0 saturated carbocycles. The van der Waals surface area contributed by atoms with Crippen LogP contribution in [0.1, 0.15) is 17.0 Å². The Kier molecular flexibility index (Phi) is 5.12. The molecule has 2 aromatic heterocycles. The Hall–Kier alpha value is -2.80. The average Bonchev–Trinajstić information content (AvgIpc) is 2.95. The molecule has 0 fully saturated rings. The second-order valence-corrected chi connectivity index (χ2v) is 5.71. The van der Waals surface area contributed by atoms with Crippen LogP contribution in [0.25, 0.3) is 0 Å². The maximum absolute atomic E-state index is 12.2. The Labute approximate surface area is 144 Å². The van der Waals surface area contributed by atoms with Crippen LogP contribution in [0.4, 0.5) is 0 Å². The van der Waals surface area contributed by atoms with Gasteiger partial charge in [0.15, 0.2) is 4.77 Å². The van der Waals surface area contributed by atoms with Crippen LogP contribution in [0.5, 0.6) is 0 Å². The standard InChI is InChI=1S/C17H17N5OS/c23-16(19-11-13-6-8-18-9-7-13)10-15-20-21-17(24)22(15)12-14-4-2-1-3-5-14/h1-9H,10-12H2,(H,19,23)(H,21,24). The van der Waals surface area contributed by atoms with Gasteiger partial charge in [0, 0.05) is 18.9 Å². The van der Waals surface area contributed by atoms with Crippen molar-refractivity contribution in [2.45, 2.75) is 19.5 Å². The highest BCUT2D eigenvalue weighted by Gasteiger charge is 2.11. The Morgan fingerprint density at radius 1 is 1.12 bits per heavy atom. The molecule has 0 spiro atoms. The molecule has 24 heavy (non-hydrogen) atoms. The number of rotatable bonds is 6. The molecule has 3 aromatic rings. The van der Waals surface area contributed by atoms with Crippen LogP contribution in [0.2, 0.25) is 0 Å². The van der Waals surface area contributed by atoms with E-state index in [-0.39, 0.29) is 12.3 Å². The molecule has 2 heterocycles. The molecule has 0 saturated heterocycles. The van der Waals surface area contributed by atoms with E-state index in [4.69, 9.17) is 12.2 Å². The molecule has 0 radical (unpaired) electrons. The summed E-state index contributed by atoms with van der Waals surface area (Å²) in [5.74, 6) is 0.520. The van der Waals surface area contributed by atoms with Crippen LogP contribution in [0, 0.1) is 4.77 Å². The maximum Gasteiger partial charge on any atom is 0.227 e. The first-order chi connectivity index (χ1) is 11.7. The number of carbonyl (C=O) groups is 1. The molecule has 3 rings (SSSR count). The SMILES string of the molecule is O=C(Cc1n[nH]c(=S)n1Cc1ccccc1)NCc1ccncc1. The second-order valence-electron chi connectivity index (χ2n) is 5.33. The molecule has 0 aliphatic rings. The largest absolute Gasteiger partial charge is 0.352 e.